The van der Waals surface area contributed by atoms with Crippen molar-refractivity contribution in [3.63, 3.8) is 0 Å². The van der Waals surface area contributed by atoms with E-state index in [0.29, 0.717) is 0 Å². The summed E-state index contributed by atoms with van der Waals surface area (Å²) >= 11 is 0. The van der Waals surface area contributed by atoms with Crippen molar-refractivity contribution in [2.45, 2.75) is 33.1 Å². The van der Waals surface area contributed by atoms with E-state index >= 15 is 0 Å². The first-order chi connectivity index (χ1) is 7.71. The van der Waals surface area contributed by atoms with Crippen molar-refractivity contribution in [3.05, 3.63) is 29.3 Å². The molecule has 0 atom stereocenters. The number of hydrogen-bond donors (Lipinski definition) is 0. The van der Waals surface area contributed by atoms with Crippen LogP contribution in [0.25, 0.3) is 0 Å². The molecule has 0 bridgehead atoms. The van der Waals surface area contributed by atoms with E-state index in [2.05, 4.69) is 0 Å². The summed E-state index contributed by atoms with van der Waals surface area (Å²) in [7, 11) is 0. The molecule has 0 spiro atoms. The van der Waals surface area contributed by atoms with E-state index in [1.165, 1.54) is 13.0 Å². The Hall–Kier alpha value is -1.52. The predicted molar refractivity (Wildman–Crippen MR) is 57.2 cm³/mol. The van der Waals surface area contributed by atoms with Crippen LogP contribution in [0.3, 0.4) is 0 Å². The highest BCUT2D eigenvalue weighted by Crippen LogP contribution is 2.33. The fourth-order valence-corrected chi connectivity index (χ4v) is 1.34. The Morgan fingerprint density at radius 2 is 1.88 bits per heavy atom. The summed E-state index contributed by atoms with van der Waals surface area (Å²) in [5, 5.41) is 0. The molecule has 17 heavy (non-hydrogen) atoms. The second-order valence-corrected chi connectivity index (χ2v) is 3.93. The van der Waals surface area contributed by atoms with Gasteiger partial charge in [0.1, 0.15) is 5.75 Å². The van der Waals surface area contributed by atoms with Crippen LogP contribution in [0.4, 0.5) is 13.2 Å². The van der Waals surface area contributed by atoms with E-state index in [1.807, 2.05) is 0 Å². The van der Waals surface area contributed by atoms with Crippen LogP contribution in [-0.2, 0) is 6.18 Å². The number of alkyl halides is 3. The van der Waals surface area contributed by atoms with E-state index in [0.717, 1.165) is 12.1 Å². The van der Waals surface area contributed by atoms with Crippen LogP contribution < -0.4 is 4.74 Å². The predicted octanol–water partition coefficient (Wildman–Crippen LogP) is 3.70. The summed E-state index contributed by atoms with van der Waals surface area (Å²) in [6.07, 6.45) is -4.66. The van der Waals surface area contributed by atoms with Crippen molar-refractivity contribution in [2.75, 3.05) is 0 Å². The number of hydrogen-bond acceptors (Lipinski definition) is 2. The van der Waals surface area contributed by atoms with Crippen molar-refractivity contribution >= 4 is 5.78 Å². The maximum Gasteiger partial charge on any atom is 0.416 e. The number of benzene rings is 1. The summed E-state index contributed by atoms with van der Waals surface area (Å²) < 4.78 is 42.7. The van der Waals surface area contributed by atoms with Crippen LogP contribution in [0.5, 0.6) is 5.75 Å². The molecule has 1 rings (SSSR count). The maximum absolute atomic E-state index is 12.5. The second kappa shape index (κ2) is 4.77. The first-order valence-electron chi connectivity index (χ1n) is 5.10. The van der Waals surface area contributed by atoms with Gasteiger partial charge >= 0.3 is 6.18 Å². The quantitative estimate of drug-likeness (QED) is 0.760. The van der Waals surface area contributed by atoms with Crippen molar-refractivity contribution in [1.82, 2.24) is 0 Å². The zero-order chi connectivity index (χ0) is 13.2. The van der Waals surface area contributed by atoms with E-state index in [4.69, 9.17) is 4.74 Å². The molecule has 0 fully saturated rings. The Morgan fingerprint density at radius 3 is 2.29 bits per heavy atom. The summed E-state index contributed by atoms with van der Waals surface area (Å²) in [5.74, 6) is -0.271. The summed E-state index contributed by atoms with van der Waals surface area (Å²) in [4.78, 5) is 11.3. The smallest absolute Gasteiger partial charge is 0.416 e. The lowest BCUT2D eigenvalue weighted by Crippen LogP contribution is -2.11. The molecule has 2 nitrogen and oxygen atoms in total. The Bertz CT molecular complexity index is 422. The lowest BCUT2D eigenvalue weighted by molar-refractivity contribution is -0.137. The molecule has 0 unspecified atom stereocenters. The number of rotatable bonds is 3. The van der Waals surface area contributed by atoms with Gasteiger partial charge in [0.05, 0.1) is 17.2 Å². The van der Waals surface area contributed by atoms with Crippen LogP contribution in [0, 0.1) is 0 Å². The van der Waals surface area contributed by atoms with Gasteiger partial charge in [-0.15, -0.1) is 0 Å². The molecular weight excluding hydrogens is 233 g/mol. The highest BCUT2D eigenvalue weighted by atomic mass is 19.4. The summed E-state index contributed by atoms with van der Waals surface area (Å²) in [6, 6.07) is 2.91. The molecule has 1 aromatic rings. The second-order valence-electron chi connectivity index (χ2n) is 3.93. The zero-order valence-electron chi connectivity index (χ0n) is 9.76. The van der Waals surface area contributed by atoms with Gasteiger partial charge in [0.25, 0.3) is 0 Å². The number of carbonyl (C=O) groups is 1. The molecule has 0 aliphatic heterocycles. The van der Waals surface area contributed by atoms with Gasteiger partial charge in [-0.1, -0.05) is 0 Å². The largest absolute Gasteiger partial charge is 0.490 e. The monoisotopic (exact) mass is 246 g/mol. The lowest BCUT2D eigenvalue weighted by atomic mass is 10.1. The van der Waals surface area contributed by atoms with Crippen LogP contribution >= 0.6 is 0 Å². The highest BCUT2D eigenvalue weighted by molar-refractivity contribution is 5.97. The average Bonchev–Trinajstić information content (AvgIpc) is 2.15. The maximum atomic E-state index is 12.5. The number of halogens is 3. The number of ketones is 1. The molecule has 94 valence electrons. The Kier molecular flexibility index (Phi) is 3.80. The third-order valence-electron chi connectivity index (χ3n) is 2.05. The van der Waals surface area contributed by atoms with Crippen LogP contribution in [0.15, 0.2) is 18.2 Å². The van der Waals surface area contributed by atoms with Gasteiger partial charge in [0, 0.05) is 0 Å². The van der Waals surface area contributed by atoms with Crippen molar-refractivity contribution in [1.29, 1.82) is 0 Å². The number of ether oxygens (including phenoxy) is 1. The first-order valence-corrected chi connectivity index (χ1v) is 5.10. The molecule has 0 aliphatic rings. The average molecular weight is 246 g/mol. The first kappa shape index (κ1) is 13.5. The highest BCUT2D eigenvalue weighted by Gasteiger charge is 2.31. The molecule has 0 saturated carbocycles. The summed E-state index contributed by atoms with van der Waals surface area (Å²) in [6.45, 7) is 4.69. The number of Topliss-reactive ketones (excluding diaryl/α,β-unsaturated/α-hetero) is 1. The molecule has 1 aromatic carbocycles. The molecule has 0 aliphatic carbocycles. The molecule has 0 amide bonds. The summed E-state index contributed by atoms with van der Waals surface area (Å²) in [5.41, 5.74) is -0.896. The normalized spacial score (nSPS) is 11.7. The minimum atomic E-state index is -4.46. The molecule has 0 saturated heterocycles. The van der Waals surface area contributed by atoms with E-state index in [9.17, 15) is 18.0 Å². The van der Waals surface area contributed by atoms with Crippen molar-refractivity contribution < 1.29 is 22.7 Å². The minimum Gasteiger partial charge on any atom is -0.490 e. The molecule has 0 N–H and O–H groups in total. The fourth-order valence-electron chi connectivity index (χ4n) is 1.34. The minimum absolute atomic E-state index is 0.0477. The van der Waals surface area contributed by atoms with Gasteiger partial charge in [-0.05, 0) is 39.0 Å². The Balaban J connectivity index is 3.22. The SMILES string of the molecule is CC(=O)c1cc(C(F)(F)F)ccc1OC(C)C. The van der Waals surface area contributed by atoms with Gasteiger partial charge in [-0.25, -0.2) is 0 Å². The lowest BCUT2D eigenvalue weighted by Gasteiger charge is -2.15. The van der Waals surface area contributed by atoms with Gasteiger partial charge in [-0.3, -0.25) is 4.79 Å². The standard InChI is InChI=1S/C12H13F3O2/c1-7(2)17-11-5-4-9(12(13,14)15)6-10(11)8(3)16/h4-7H,1-3H3. The van der Waals surface area contributed by atoms with E-state index in [1.54, 1.807) is 13.8 Å². The van der Waals surface area contributed by atoms with Gasteiger partial charge in [0.2, 0.25) is 0 Å². The third-order valence-corrected chi connectivity index (χ3v) is 2.05. The topological polar surface area (TPSA) is 26.3 Å². The van der Waals surface area contributed by atoms with E-state index < -0.39 is 17.5 Å². The molecule has 5 heteroatoms. The molecule has 0 aromatic heterocycles. The van der Waals surface area contributed by atoms with Crippen LogP contribution in [-0.4, -0.2) is 11.9 Å². The Morgan fingerprint density at radius 1 is 1.29 bits per heavy atom. The molecular formula is C12H13F3O2. The third kappa shape index (κ3) is 3.47. The molecule has 0 heterocycles. The van der Waals surface area contributed by atoms with Crippen LogP contribution in [0.1, 0.15) is 36.7 Å². The van der Waals surface area contributed by atoms with Gasteiger partial charge < -0.3 is 4.74 Å². The van der Waals surface area contributed by atoms with E-state index in [-0.39, 0.29) is 17.4 Å². The Labute approximate surface area is 97.4 Å². The molecule has 0 radical (unpaired) electrons. The van der Waals surface area contributed by atoms with Crippen molar-refractivity contribution in [3.8, 4) is 5.75 Å². The van der Waals surface area contributed by atoms with Gasteiger partial charge in [-0.2, -0.15) is 13.2 Å². The zero-order valence-corrected chi connectivity index (χ0v) is 9.76. The van der Waals surface area contributed by atoms with Gasteiger partial charge in [0.15, 0.2) is 5.78 Å². The fraction of sp³-hybridized carbons (Fsp3) is 0.417. The van der Waals surface area contributed by atoms with Crippen LogP contribution in [0.2, 0.25) is 0 Å². The van der Waals surface area contributed by atoms with Crippen molar-refractivity contribution in [2.24, 2.45) is 0 Å². The number of carbonyl (C=O) groups excluding carboxylic acids is 1.